The molecule has 3 rings (SSSR count). The highest BCUT2D eigenvalue weighted by molar-refractivity contribution is 9.10. The molecular formula is C30H37BrN2O3. The van der Waals surface area contributed by atoms with Crippen LogP contribution in [0.5, 0.6) is 11.5 Å². The van der Waals surface area contributed by atoms with E-state index in [0.717, 1.165) is 35.0 Å². The first-order valence-corrected chi connectivity index (χ1v) is 14.0. The standard InChI is InChI=1S/C30H37BrN2O3/c1-3-5-7-9-10-12-23-21-32-29(33-22-23)24-13-16-26(17-14-24)36-30(34)25-15-18-28(27(31)20-25)35-19-11-8-6-4-2/h13-18,20-22H,3-12,19H2,1-2H3. The third-order valence-corrected chi connectivity index (χ3v) is 6.64. The lowest BCUT2D eigenvalue weighted by molar-refractivity contribution is 0.0734. The molecule has 0 bridgehead atoms. The van der Waals surface area contributed by atoms with Gasteiger partial charge < -0.3 is 9.47 Å². The van der Waals surface area contributed by atoms with Crippen molar-refractivity contribution in [2.24, 2.45) is 0 Å². The Morgan fingerprint density at radius 3 is 2.17 bits per heavy atom. The first-order chi connectivity index (χ1) is 17.6. The summed E-state index contributed by atoms with van der Waals surface area (Å²) in [7, 11) is 0. The van der Waals surface area contributed by atoms with Crippen LogP contribution in [-0.4, -0.2) is 22.5 Å². The van der Waals surface area contributed by atoms with E-state index >= 15 is 0 Å². The molecule has 0 aliphatic rings. The number of hydrogen-bond donors (Lipinski definition) is 0. The van der Waals surface area contributed by atoms with Crippen LogP contribution in [0, 0.1) is 0 Å². The number of aromatic nitrogens is 2. The Morgan fingerprint density at radius 2 is 1.50 bits per heavy atom. The van der Waals surface area contributed by atoms with E-state index in [4.69, 9.17) is 9.47 Å². The van der Waals surface area contributed by atoms with E-state index in [1.165, 1.54) is 50.5 Å². The van der Waals surface area contributed by atoms with Gasteiger partial charge in [0, 0.05) is 18.0 Å². The van der Waals surface area contributed by atoms with Crippen LogP contribution in [0.1, 0.15) is 87.6 Å². The third kappa shape index (κ3) is 9.05. The van der Waals surface area contributed by atoms with E-state index in [-0.39, 0.29) is 0 Å². The van der Waals surface area contributed by atoms with Gasteiger partial charge in [-0.2, -0.15) is 0 Å². The maximum Gasteiger partial charge on any atom is 0.343 e. The molecule has 1 aromatic heterocycles. The van der Waals surface area contributed by atoms with E-state index in [9.17, 15) is 4.79 Å². The predicted molar refractivity (Wildman–Crippen MR) is 149 cm³/mol. The summed E-state index contributed by atoms with van der Waals surface area (Å²) in [6.07, 6.45) is 15.7. The fourth-order valence-corrected chi connectivity index (χ4v) is 4.35. The first kappa shape index (κ1) is 27.9. The smallest absolute Gasteiger partial charge is 0.343 e. The molecule has 0 fully saturated rings. The SMILES string of the molecule is CCCCCCCc1cnc(-c2ccc(OC(=O)c3ccc(OCCCCCC)c(Br)c3)cc2)nc1. The van der Waals surface area contributed by atoms with Gasteiger partial charge >= 0.3 is 5.97 Å². The summed E-state index contributed by atoms with van der Waals surface area (Å²) >= 11 is 3.50. The van der Waals surface area contributed by atoms with Gasteiger partial charge in [0.1, 0.15) is 11.5 Å². The van der Waals surface area contributed by atoms with Crippen molar-refractivity contribution >= 4 is 21.9 Å². The van der Waals surface area contributed by atoms with Crippen LogP contribution in [-0.2, 0) is 6.42 Å². The number of hydrogen-bond acceptors (Lipinski definition) is 5. The van der Waals surface area contributed by atoms with Gasteiger partial charge in [-0.1, -0.05) is 58.8 Å². The Balaban J connectivity index is 1.50. The van der Waals surface area contributed by atoms with Gasteiger partial charge in [0.15, 0.2) is 5.82 Å². The minimum Gasteiger partial charge on any atom is -0.492 e. The summed E-state index contributed by atoms with van der Waals surface area (Å²) in [6.45, 7) is 5.08. The van der Waals surface area contributed by atoms with Crippen molar-refractivity contribution < 1.29 is 14.3 Å². The molecule has 3 aromatic rings. The van der Waals surface area contributed by atoms with Gasteiger partial charge in [0.05, 0.1) is 16.6 Å². The van der Waals surface area contributed by atoms with Crippen molar-refractivity contribution in [2.45, 2.75) is 78.1 Å². The molecule has 6 heteroatoms. The summed E-state index contributed by atoms with van der Waals surface area (Å²) in [5.74, 6) is 1.45. The fraction of sp³-hybridized carbons (Fsp3) is 0.433. The lowest BCUT2D eigenvalue weighted by Gasteiger charge is -2.10. The molecule has 0 amide bonds. The lowest BCUT2D eigenvalue weighted by atomic mass is 10.1. The van der Waals surface area contributed by atoms with Crippen molar-refractivity contribution in [1.82, 2.24) is 9.97 Å². The summed E-state index contributed by atoms with van der Waals surface area (Å²) in [5.41, 5.74) is 2.50. The monoisotopic (exact) mass is 552 g/mol. The lowest BCUT2D eigenvalue weighted by Crippen LogP contribution is -2.09. The topological polar surface area (TPSA) is 61.3 Å². The summed E-state index contributed by atoms with van der Waals surface area (Å²) in [4.78, 5) is 21.7. The van der Waals surface area contributed by atoms with Crippen LogP contribution in [0.2, 0.25) is 0 Å². The quantitative estimate of drug-likeness (QED) is 0.107. The van der Waals surface area contributed by atoms with Gasteiger partial charge in [-0.25, -0.2) is 14.8 Å². The van der Waals surface area contributed by atoms with Crippen molar-refractivity contribution in [2.75, 3.05) is 6.61 Å². The van der Waals surface area contributed by atoms with Crippen molar-refractivity contribution in [1.29, 1.82) is 0 Å². The molecule has 36 heavy (non-hydrogen) atoms. The second kappa shape index (κ2) is 15.4. The molecule has 0 aliphatic carbocycles. The second-order valence-electron chi connectivity index (χ2n) is 9.05. The summed E-state index contributed by atoms with van der Waals surface area (Å²) in [6, 6.07) is 12.5. The Labute approximate surface area is 223 Å². The third-order valence-electron chi connectivity index (χ3n) is 6.02. The van der Waals surface area contributed by atoms with Crippen LogP contribution < -0.4 is 9.47 Å². The molecule has 192 valence electrons. The molecule has 0 saturated heterocycles. The maximum atomic E-state index is 12.6. The predicted octanol–water partition coefficient (Wildman–Crippen LogP) is 8.60. The number of unbranched alkanes of at least 4 members (excludes halogenated alkanes) is 7. The molecule has 0 aliphatic heterocycles. The van der Waals surface area contributed by atoms with E-state index in [1.54, 1.807) is 30.3 Å². The second-order valence-corrected chi connectivity index (χ2v) is 9.90. The number of aryl methyl sites for hydroxylation is 1. The minimum atomic E-state index is -0.419. The van der Waals surface area contributed by atoms with Crippen molar-refractivity contribution in [3.05, 3.63) is 70.5 Å². The molecule has 0 spiro atoms. The average Bonchev–Trinajstić information content (AvgIpc) is 2.90. The number of carbonyl (C=O) groups excluding carboxylic acids is 1. The molecule has 0 radical (unpaired) electrons. The maximum absolute atomic E-state index is 12.6. The van der Waals surface area contributed by atoms with Crippen LogP contribution in [0.4, 0.5) is 0 Å². The zero-order chi connectivity index (χ0) is 25.6. The van der Waals surface area contributed by atoms with Crippen LogP contribution >= 0.6 is 15.9 Å². The molecule has 1 heterocycles. The molecule has 0 atom stereocenters. The number of esters is 1. The Kier molecular flexibility index (Phi) is 11.9. The van der Waals surface area contributed by atoms with E-state index in [2.05, 4.69) is 39.7 Å². The van der Waals surface area contributed by atoms with Crippen LogP contribution in [0.3, 0.4) is 0 Å². The number of halogens is 1. The van der Waals surface area contributed by atoms with Crippen molar-refractivity contribution in [3.8, 4) is 22.9 Å². The van der Waals surface area contributed by atoms with Gasteiger partial charge in [0.25, 0.3) is 0 Å². The average molecular weight is 554 g/mol. The highest BCUT2D eigenvalue weighted by Gasteiger charge is 2.12. The summed E-state index contributed by atoms with van der Waals surface area (Å²) in [5, 5.41) is 0. The van der Waals surface area contributed by atoms with Gasteiger partial charge in [-0.05, 0) is 83.2 Å². The Hall–Kier alpha value is -2.73. The Bertz CT molecular complexity index is 1070. The van der Waals surface area contributed by atoms with Crippen LogP contribution in [0.25, 0.3) is 11.4 Å². The molecule has 0 unspecified atom stereocenters. The van der Waals surface area contributed by atoms with Gasteiger partial charge in [-0.15, -0.1) is 0 Å². The normalized spacial score (nSPS) is 10.9. The molecule has 0 N–H and O–H groups in total. The molecular weight excluding hydrogens is 516 g/mol. The van der Waals surface area contributed by atoms with Crippen molar-refractivity contribution in [3.63, 3.8) is 0 Å². The number of nitrogens with zero attached hydrogens (tertiary/aromatic N) is 2. The van der Waals surface area contributed by atoms with Crippen LogP contribution in [0.15, 0.2) is 59.3 Å². The minimum absolute atomic E-state index is 0.419. The number of benzene rings is 2. The summed E-state index contributed by atoms with van der Waals surface area (Å²) < 4.78 is 12.1. The van der Waals surface area contributed by atoms with E-state index < -0.39 is 5.97 Å². The largest absolute Gasteiger partial charge is 0.492 e. The van der Waals surface area contributed by atoms with E-state index in [1.807, 2.05) is 24.5 Å². The molecule has 5 nitrogen and oxygen atoms in total. The van der Waals surface area contributed by atoms with Gasteiger partial charge in [0.2, 0.25) is 0 Å². The zero-order valence-corrected chi connectivity index (χ0v) is 23.1. The number of carbonyl (C=O) groups is 1. The Morgan fingerprint density at radius 1 is 0.833 bits per heavy atom. The highest BCUT2D eigenvalue weighted by atomic mass is 79.9. The van der Waals surface area contributed by atoms with E-state index in [0.29, 0.717) is 23.7 Å². The molecule has 0 saturated carbocycles. The number of rotatable bonds is 15. The molecule has 2 aromatic carbocycles. The van der Waals surface area contributed by atoms with Gasteiger partial charge in [-0.3, -0.25) is 0 Å². The highest BCUT2D eigenvalue weighted by Crippen LogP contribution is 2.27. The number of ether oxygens (including phenoxy) is 2. The fourth-order valence-electron chi connectivity index (χ4n) is 3.86. The zero-order valence-electron chi connectivity index (χ0n) is 21.5. The first-order valence-electron chi connectivity index (χ1n) is 13.2.